The number of rotatable bonds is 3. The van der Waals surface area contributed by atoms with Gasteiger partial charge in [-0.05, 0) is 12.1 Å². The van der Waals surface area contributed by atoms with Crippen molar-refractivity contribution in [2.75, 3.05) is 5.73 Å². The number of amides is 1. The van der Waals surface area contributed by atoms with Gasteiger partial charge >= 0.3 is 0 Å². The molecule has 9 nitrogen and oxygen atoms in total. The summed E-state index contributed by atoms with van der Waals surface area (Å²) >= 11 is 0. The summed E-state index contributed by atoms with van der Waals surface area (Å²) in [4.78, 5) is 11.5. The first kappa shape index (κ1) is 9.96. The highest BCUT2D eigenvalue weighted by Gasteiger charge is 2.08. The summed E-state index contributed by atoms with van der Waals surface area (Å²) in [5, 5.41) is 22.7. The van der Waals surface area contributed by atoms with Crippen molar-refractivity contribution >= 4 is 11.7 Å². The maximum absolute atomic E-state index is 11.5. The predicted molar refractivity (Wildman–Crippen MR) is 51.8 cm³/mol. The zero-order valence-electron chi connectivity index (χ0n) is 8.08. The minimum atomic E-state index is -0.377. The molecule has 0 saturated heterocycles. The van der Waals surface area contributed by atoms with Crippen molar-refractivity contribution in [2.45, 2.75) is 6.54 Å². The number of nitrogens with zero attached hydrogens (tertiary/aromatic N) is 5. The highest BCUT2D eigenvalue weighted by atomic mass is 16.1. The summed E-state index contributed by atoms with van der Waals surface area (Å²) in [6, 6.07) is 2.98. The molecule has 0 saturated carbocycles. The first-order chi connectivity index (χ1) is 7.75. The van der Waals surface area contributed by atoms with Crippen LogP contribution in [0.2, 0.25) is 0 Å². The minimum absolute atomic E-state index is 0.168. The maximum Gasteiger partial charge on any atom is 0.272 e. The highest BCUT2D eigenvalue weighted by Crippen LogP contribution is 1.97. The lowest BCUT2D eigenvalue weighted by Gasteiger charge is -2.00. The first-order valence-electron chi connectivity index (χ1n) is 4.35. The average Bonchev–Trinajstić information content (AvgIpc) is 2.80. The number of nitrogen functional groups attached to an aromatic ring is 1. The van der Waals surface area contributed by atoms with Gasteiger partial charge in [-0.25, -0.2) is 0 Å². The molecule has 0 aliphatic heterocycles. The van der Waals surface area contributed by atoms with Gasteiger partial charge in [0.15, 0.2) is 11.5 Å². The van der Waals surface area contributed by atoms with E-state index in [4.69, 9.17) is 5.73 Å². The van der Waals surface area contributed by atoms with E-state index >= 15 is 0 Å². The first-order valence-corrected chi connectivity index (χ1v) is 4.35. The summed E-state index contributed by atoms with van der Waals surface area (Å²) in [6.45, 7) is 0.168. The van der Waals surface area contributed by atoms with Crippen LogP contribution in [-0.4, -0.2) is 36.7 Å². The molecule has 16 heavy (non-hydrogen) atoms. The zero-order chi connectivity index (χ0) is 11.4. The van der Waals surface area contributed by atoms with Crippen molar-refractivity contribution in [3.63, 3.8) is 0 Å². The lowest BCUT2D eigenvalue weighted by Crippen LogP contribution is -2.24. The van der Waals surface area contributed by atoms with Crippen molar-refractivity contribution in [1.29, 1.82) is 0 Å². The monoisotopic (exact) mass is 220 g/mol. The number of tetrazole rings is 1. The Balaban J connectivity index is 1.95. The lowest BCUT2D eigenvalue weighted by atomic mass is 10.3. The van der Waals surface area contributed by atoms with Crippen LogP contribution < -0.4 is 11.1 Å². The van der Waals surface area contributed by atoms with Crippen LogP contribution in [0.1, 0.15) is 16.3 Å². The number of nitrogens with one attached hydrogen (secondary N) is 2. The summed E-state index contributed by atoms with van der Waals surface area (Å²) < 4.78 is 0. The van der Waals surface area contributed by atoms with Crippen LogP contribution in [0.25, 0.3) is 0 Å². The quantitative estimate of drug-likeness (QED) is 0.572. The molecule has 0 unspecified atom stereocenters. The second kappa shape index (κ2) is 4.29. The van der Waals surface area contributed by atoms with Gasteiger partial charge < -0.3 is 11.1 Å². The fourth-order valence-corrected chi connectivity index (χ4v) is 0.971. The molecular weight excluding hydrogens is 212 g/mol. The number of carbonyl (C=O) groups is 1. The Bertz CT molecular complexity index is 464. The molecule has 0 atom stereocenters. The fourth-order valence-electron chi connectivity index (χ4n) is 0.971. The lowest BCUT2D eigenvalue weighted by molar-refractivity contribution is 0.0944. The third-order valence-corrected chi connectivity index (χ3v) is 1.71. The standard InChI is InChI=1S/C7H8N8O/c8-5-2-1-4(10-11-5)7(16)9-3-6-12-14-15-13-6/h1-2H,3H2,(H2,8,11)(H,9,16)(H,12,13,14,15). The van der Waals surface area contributed by atoms with Crippen LogP contribution in [0, 0.1) is 0 Å². The van der Waals surface area contributed by atoms with Gasteiger partial charge in [-0.1, -0.05) is 5.21 Å². The van der Waals surface area contributed by atoms with E-state index in [1.807, 2.05) is 0 Å². The van der Waals surface area contributed by atoms with E-state index in [-0.39, 0.29) is 24.0 Å². The molecule has 0 aromatic carbocycles. The number of nitrogens with two attached hydrogens (primary N) is 1. The molecule has 0 fully saturated rings. The van der Waals surface area contributed by atoms with Gasteiger partial charge in [-0.2, -0.15) is 5.21 Å². The zero-order valence-corrected chi connectivity index (χ0v) is 8.08. The number of hydrogen-bond acceptors (Lipinski definition) is 7. The Labute approximate surface area is 89.5 Å². The molecule has 0 radical (unpaired) electrons. The van der Waals surface area contributed by atoms with E-state index in [2.05, 4.69) is 36.1 Å². The number of aromatic amines is 1. The summed E-state index contributed by atoms with van der Waals surface area (Å²) in [6.07, 6.45) is 0. The van der Waals surface area contributed by atoms with Gasteiger partial charge in [-0.3, -0.25) is 4.79 Å². The van der Waals surface area contributed by atoms with Crippen LogP contribution >= 0.6 is 0 Å². The topological polar surface area (TPSA) is 135 Å². The molecule has 0 aliphatic carbocycles. The minimum Gasteiger partial charge on any atom is -0.382 e. The predicted octanol–water partition coefficient (Wildman–Crippen LogP) is -1.50. The maximum atomic E-state index is 11.5. The fraction of sp³-hybridized carbons (Fsp3) is 0.143. The van der Waals surface area contributed by atoms with E-state index in [0.29, 0.717) is 5.82 Å². The van der Waals surface area contributed by atoms with Crippen LogP contribution in [-0.2, 0) is 6.54 Å². The van der Waals surface area contributed by atoms with Crippen molar-refractivity contribution in [3.05, 3.63) is 23.7 Å². The largest absolute Gasteiger partial charge is 0.382 e. The normalized spacial score (nSPS) is 10.0. The van der Waals surface area contributed by atoms with Crippen molar-refractivity contribution in [3.8, 4) is 0 Å². The Hall–Kier alpha value is -2.58. The van der Waals surface area contributed by atoms with E-state index in [1.54, 1.807) is 0 Å². The molecule has 0 aliphatic rings. The average molecular weight is 220 g/mol. The van der Waals surface area contributed by atoms with Gasteiger partial charge in [-0.15, -0.1) is 20.4 Å². The van der Waals surface area contributed by atoms with E-state index in [1.165, 1.54) is 12.1 Å². The van der Waals surface area contributed by atoms with E-state index < -0.39 is 0 Å². The second-order valence-corrected chi connectivity index (χ2v) is 2.85. The second-order valence-electron chi connectivity index (χ2n) is 2.85. The molecule has 2 rings (SSSR count). The van der Waals surface area contributed by atoms with Crippen molar-refractivity contribution in [1.82, 2.24) is 36.1 Å². The van der Waals surface area contributed by atoms with Gasteiger partial charge in [0, 0.05) is 0 Å². The van der Waals surface area contributed by atoms with Gasteiger partial charge in [0.25, 0.3) is 5.91 Å². The molecular formula is C7H8N8O. The number of carbonyl (C=O) groups excluding carboxylic acids is 1. The molecule has 82 valence electrons. The van der Waals surface area contributed by atoms with Crippen molar-refractivity contribution in [2.24, 2.45) is 0 Å². The molecule has 2 aromatic rings. The van der Waals surface area contributed by atoms with Gasteiger partial charge in [0.05, 0.1) is 6.54 Å². The Morgan fingerprint density at radius 3 is 2.88 bits per heavy atom. The molecule has 2 heterocycles. The number of aromatic nitrogens is 6. The van der Waals surface area contributed by atoms with E-state index in [9.17, 15) is 4.79 Å². The Kier molecular flexibility index (Phi) is 2.67. The number of anilines is 1. The van der Waals surface area contributed by atoms with Crippen molar-refractivity contribution < 1.29 is 4.79 Å². The van der Waals surface area contributed by atoms with Crippen LogP contribution in [0.3, 0.4) is 0 Å². The van der Waals surface area contributed by atoms with Crippen LogP contribution in [0.4, 0.5) is 5.82 Å². The SMILES string of the molecule is Nc1ccc(C(=O)NCc2nn[nH]n2)nn1. The molecule has 4 N–H and O–H groups in total. The van der Waals surface area contributed by atoms with Gasteiger partial charge in [0.2, 0.25) is 0 Å². The molecule has 9 heteroatoms. The van der Waals surface area contributed by atoms with E-state index in [0.717, 1.165) is 0 Å². The summed E-state index contributed by atoms with van der Waals surface area (Å²) in [5.74, 6) is 0.267. The molecule has 0 bridgehead atoms. The van der Waals surface area contributed by atoms with Crippen LogP contribution in [0.15, 0.2) is 12.1 Å². The Morgan fingerprint density at radius 2 is 2.25 bits per heavy atom. The van der Waals surface area contributed by atoms with Gasteiger partial charge in [0.1, 0.15) is 5.82 Å². The van der Waals surface area contributed by atoms with Crippen LogP contribution in [0.5, 0.6) is 0 Å². The summed E-state index contributed by atoms with van der Waals surface area (Å²) in [7, 11) is 0. The third kappa shape index (κ3) is 2.26. The smallest absolute Gasteiger partial charge is 0.272 e. The Morgan fingerprint density at radius 1 is 1.38 bits per heavy atom. The third-order valence-electron chi connectivity index (χ3n) is 1.71. The molecule has 2 aromatic heterocycles. The number of hydrogen-bond donors (Lipinski definition) is 3. The number of H-pyrrole nitrogens is 1. The molecule has 1 amide bonds. The molecule has 0 spiro atoms. The summed E-state index contributed by atoms with van der Waals surface area (Å²) in [5.41, 5.74) is 5.52. The highest BCUT2D eigenvalue weighted by molar-refractivity contribution is 5.92.